The maximum atomic E-state index is 12.1. The average Bonchev–Trinajstić information content (AvgIpc) is 2.59. The summed E-state index contributed by atoms with van der Waals surface area (Å²) in [6, 6.07) is 15.9. The first-order valence-corrected chi connectivity index (χ1v) is 7.60. The molecule has 0 saturated heterocycles. The molecular weight excluding hydrogens is 306 g/mol. The summed E-state index contributed by atoms with van der Waals surface area (Å²) < 4.78 is 4.84. The minimum atomic E-state index is -1.89. The normalized spacial score (nSPS) is 13.1. The topological polar surface area (TPSA) is 75.6 Å². The van der Waals surface area contributed by atoms with Crippen molar-refractivity contribution >= 4 is 11.9 Å². The second-order valence-electron chi connectivity index (χ2n) is 5.74. The maximum absolute atomic E-state index is 12.1. The molecule has 0 spiro atoms. The zero-order valence-electron chi connectivity index (χ0n) is 14.0. The summed E-state index contributed by atoms with van der Waals surface area (Å²) >= 11 is 0. The number of benzene rings is 2. The van der Waals surface area contributed by atoms with Crippen LogP contribution in [0.3, 0.4) is 0 Å². The third kappa shape index (κ3) is 3.63. The number of amides is 1. The minimum absolute atomic E-state index is 0.237. The van der Waals surface area contributed by atoms with Gasteiger partial charge in [-0.05, 0) is 36.1 Å². The van der Waals surface area contributed by atoms with Gasteiger partial charge < -0.3 is 15.2 Å². The zero-order chi connectivity index (χ0) is 17.7. The predicted octanol–water partition coefficient (Wildman–Crippen LogP) is 2.77. The fourth-order valence-electron chi connectivity index (χ4n) is 2.41. The van der Waals surface area contributed by atoms with Gasteiger partial charge in [0.25, 0.3) is 5.91 Å². The third-order valence-electron chi connectivity index (χ3n) is 4.08. The number of aryl methyl sites for hydroxylation is 1. The van der Waals surface area contributed by atoms with E-state index < -0.39 is 17.5 Å². The van der Waals surface area contributed by atoms with Gasteiger partial charge in [-0.3, -0.25) is 4.79 Å². The van der Waals surface area contributed by atoms with E-state index in [4.69, 9.17) is 9.84 Å². The van der Waals surface area contributed by atoms with E-state index in [1.54, 1.807) is 0 Å². The lowest BCUT2D eigenvalue weighted by atomic mass is 9.98. The highest BCUT2D eigenvalue weighted by Gasteiger charge is 2.41. The van der Waals surface area contributed by atoms with Gasteiger partial charge in [-0.2, -0.15) is 0 Å². The Labute approximate surface area is 141 Å². The summed E-state index contributed by atoms with van der Waals surface area (Å²) in [5, 5.41) is 11.7. The van der Waals surface area contributed by atoms with Crippen molar-refractivity contribution < 1.29 is 19.4 Å². The Hall–Kier alpha value is -2.66. The minimum Gasteiger partial charge on any atom is -0.479 e. The first-order chi connectivity index (χ1) is 11.4. The molecule has 0 aliphatic rings. The summed E-state index contributed by atoms with van der Waals surface area (Å²) in [4.78, 5) is 23.2. The van der Waals surface area contributed by atoms with E-state index in [-0.39, 0.29) is 6.54 Å². The van der Waals surface area contributed by atoms with Crippen molar-refractivity contribution in [3.8, 4) is 11.1 Å². The number of hydrogen-bond donors (Lipinski definition) is 2. The fourth-order valence-corrected chi connectivity index (χ4v) is 2.41. The van der Waals surface area contributed by atoms with Crippen molar-refractivity contribution in [3.63, 3.8) is 0 Å². The Kier molecular flexibility index (Phi) is 5.36. The number of hydrogen-bond acceptors (Lipinski definition) is 3. The molecule has 0 aliphatic carbocycles. The van der Waals surface area contributed by atoms with Crippen molar-refractivity contribution in [3.05, 3.63) is 59.7 Å². The van der Waals surface area contributed by atoms with Gasteiger partial charge in [-0.1, -0.05) is 48.5 Å². The Bertz CT molecular complexity index is 742. The molecule has 0 heterocycles. The summed E-state index contributed by atoms with van der Waals surface area (Å²) in [6.07, 6.45) is 0. The summed E-state index contributed by atoms with van der Waals surface area (Å²) in [7, 11) is 1.20. The van der Waals surface area contributed by atoms with Gasteiger partial charge in [0.2, 0.25) is 5.60 Å². The molecule has 1 unspecified atom stereocenters. The lowest BCUT2D eigenvalue weighted by Gasteiger charge is -2.22. The number of carbonyl (C=O) groups excluding carboxylic acids is 1. The van der Waals surface area contributed by atoms with E-state index >= 15 is 0 Å². The average molecular weight is 327 g/mol. The number of aliphatic carboxylic acids is 1. The van der Waals surface area contributed by atoms with E-state index in [0.29, 0.717) is 0 Å². The standard InChI is InChI=1S/C19H21NO4/c1-13-11-14(9-10-16(13)15-7-5-4-6-8-15)12-20-17(21)19(2,24-3)18(22)23/h4-11H,12H2,1-3H3,(H,20,21)(H,22,23). The molecule has 24 heavy (non-hydrogen) atoms. The molecule has 0 saturated carbocycles. The van der Waals surface area contributed by atoms with Gasteiger partial charge in [-0.25, -0.2) is 4.79 Å². The highest BCUT2D eigenvalue weighted by Crippen LogP contribution is 2.24. The first-order valence-electron chi connectivity index (χ1n) is 7.60. The highest BCUT2D eigenvalue weighted by molar-refractivity contribution is 6.04. The van der Waals surface area contributed by atoms with Crippen LogP contribution in [0, 0.1) is 6.92 Å². The molecule has 1 atom stereocenters. The third-order valence-corrected chi connectivity index (χ3v) is 4.08. The predicted molar refractivity (Wildman–Crippen MR) is 91.5 cm³/mol. The van der Waals surface area contributed by atoms with Crippen molar-refractivity contribution in [1.29, 1.82) is 0 Å². The molecule has 5 heteroatoms. The van der Waals surface area contributed by atoms with Crippen molar-refractivity contribution in [2.75, 3.05) is 7.11 Å². The molecule has 5 nitrogen and oxygen atoms in total. The van der Waals surface area contributed by atoms with Crippen LogP contribution in [-0.2, 0) is 20.9 Å². The smallest absolute Gasteiger partial charge is 0.345 e. The Morgan fingerprint density at radius 3 is 2.38 bits per heavy atom. The van der Waals surface area contributed by atoms with Gasteiger partial charge in [0.15, 0.2) is 0 Å². The number of nitrogens with one attached hydrogen (secondary N) is 1. The van der Waals surface area contributed by atoms with E-state index in [2.05, 4.69) is 5.32 Å². The molecule has 2 rings (SSSR count). The number of carboxylic acids is 1. The largest absolute Gasteiger partial charge is 0.479 e. The van der Waals surface area contributed by atoms with Crippen LogP contribution in [0.25, 0.3) is 11.1 Å². The van der Waals surface area contributed by atoms with Crippen LogP contribution in [0.15, 0.2) is 48.5 Å². The summed E-state index contributed by atoms with van der Waals surface area (Å²) in [5.41, 5.74) is 2.34. The highest BCUT2D eigenvalue weighted by atomic mass is 16.5. The van der Waals surface area contributed by atoms with Crippen LogP contribution in [0.1, 0.15) is 18.1 Å². The van der Waals surface area contributed by atoms with Crippen LogP contribution in [0.2, 0.25) is 0 Å². The lowest BCUT2D eigenvalue weighted by molar-refractivity contribution is -0.167. The summed E-state index contributed by atoms with van der Waals surface area (Å²) in [6.45, 7) is 3.47. The molecular formula is C19H21NO4. The van der Waals surface area contributed by atoms with E-state index in [9.17, 15) is 9.59 Å². The molecule has 0 fully saturated rings. The van der Waals surface area contributed by atoms with Gasteiger partial charge in [0.05, 0.1) is 0 Å². The number of rotatable bonds is 6. The molecule has 1 amide bonds. The van der Waals surface area contributed by atoms with Crippen molar-refractivity contribution in [2.24, 2.45) is 0 Å². The second kappa shape index (κ2) is 7.27. The molecule has 0 bridgehead atoms. The molecule has 126 valence electrons. The summed E-state index contributed by atoms with van der Waals surface area (Å²) in [5.74, 6) is -2.00. The number of carbonyl (C=O) groups is 2. The Morgan fingerprint density at radius 1 is 1.17 bits per heavy atom. The molecule has 0 aromatic heterocycles. The van der Waals surface area contributed by atoms with Crippen LogP contribution in [0.5, 0.6) is 0 Å². The Balaban J connectivity index is 2.11. The van der Waals surface area contributed by atoms with Gasteiger partial charge in [0, 0.05) is 13.7 Å². The Morgan fingerprint density at radius 2 is 1.83 bits per heavy atom. The number of methoxy groups -OCH3 is 1. The van der Waals surface area contributed by atoms with E-state index in [1.165, 1.54) is 14.0 Å². The van der Waals surface area contributed by atoms with E-state index in [0.717, 1.165) is 22.3 Å². The van der Waals surface area contributed by atoms with Crippen LogP contribution < -0.4 is 5.32 Å². The van der Waals surface area contributed by atoms with Crippen molar-refractivity contribution in [1.82, 2.24) is 5.32 Å². The molecule has 0 radical (unpaired) electrons. The molecule has 2 N–H and O–H groups in total. The molecule has 2 aromatic carbocycles. The monoisotopic (exact) mass is 327 g/mol. The molecule has 2 aromatic rings. The van der Waals surface area contributed by atoms with Crippen molar-refractivity contribution in [2.45, 2.75) is 26.0 Å². The number of carboxylic acid groups (broad SMARTS) is 1. The zero-order valence-corrected chi connectivity index (χ0v) is 14.0. The SMILES string of the molecule is COC(C)(C(=O)O)C(=O)NCc1ccc(-c2ccccc2)c(C)c1. The van der Waals surface area contributed by atoms with Gasteiger partial charge in [0.1, 0.15) is 0 Å². The van der Waals surface area contributed by atoms with Gasteiger partial charge >= 0.3 is 5.97 Å². The van der Waals surface area contributed by atoms with E-state index in [1.807, 2.05) is 55.5 Å². The van der Waals surface area contributed by atoms with Crippen LogP contribution in [0.4, 0.5) is 0 Å². The molecule has 0 aliphatic heterocycles. The van der Waals surface area contributed by atoms with Crippen LogP contribution in [-0.4, -0.2) is 29.7 Å². The fraction of sp³-hybridized carbons (Fsp3) is 0.263. The maximum Gasteiger partial charge on any atom is 0.345 e. The second-order valence-corrected chi connectivity index (χ2v) is 5.74. The quantitative estimate of drug-likeness (QED) is 0.800. The number of ether oxygens (including phenoxy) is 1. The first kappa shape index (κ1) is 17.7. The lowest BCUT2D eigenvalue weighted by Crippen LogP contribution is -2.51. The van der Waals surface area contributed by atoms with Gasteiger partial charge in [-0.15, -0.1) is 0 Å². The van der Waals surface area contributed by atoms with Crippen LogP contribution >= 0.6 is 0 Å².